The second-order valence-corrected chi connectivity index (χ2v) is 4.94. The molecule has 1 aliphatic rings. The summed E-state index contributed by atoms with van der Waals surface area (Å²) in [5, 5.41) is 2.99. The van der Waals surface area contributed by atoms with Gasteiger partial charge in [0.2, 0.25) is 0 Å². The highest BCUT2D eigenvalue weighted by Crippen LogP contribution is 2.18. The molecule has 0 aliphatic carbocycles. The molecule has 17 heavy (non-hydrogen) atoms. The molecule has 0 unspecified atom stereocenters. The van der Waals surface area contributed by atoms with Crippen LogP contribution < -0.4 is 5.32 Å². The van der Waals surface area contributed by atoms with Crippen LogP contribution in [-0.2, 0) is 0 Å². The zero-order chi connectivity index (χ0) is 12.3. The Morgan fingerprint density at radius 1 is 1.41 bits per heavy atom. The van der Waals surface area contributed by atoms with Crippen LogP contribution in [0.25, 0.3) is 0 Å². The number of aryl methyl sites for hydroxylation is 1. The van der Waals surface area contributed by atoms with E-state index in [0.717, 1.165) is 30.8 Å². The number of nitrogens with one attached hydrogen (secondary N) is 1. The van der Waals surface area contributed by atoms with Gasteiger partial charge in [0.15, 0.2) is 0 Å². The molecule has 1 heterocycles. The third-order valence-corrected chi connectivity index (χ3v) is 3.33. The van der Waals surface area contributed by atoms with Crippen molar-refractivity contribution in [3.63, 3.8) is 0 Å². The number of nitrogens with zero attached hydrogens (tertiary/aromatic N) is 1. The minimum absolute atomic E-state index is 0.0332. The summed E-state index contributed by atoms with van der Waals surface area (Å²) < 4.78 is 0. The molecule has 2 rings (SSSR count). The molecule has 2 amide bonds. The molecule has 1 aromatic carbocycles. The molecule has 0 aromatic heterocycles. The van der Waals surface area contributed by atoms with Crippen LogP contribution in [0.15, 0.2) is 24.3 Å². The van der Waals surface area contributed by atoms with Crippen LogP contribution in [0.4, 0.5) is 10.5 Å². The van der Waals surface area contributed by atoms with Gasteiger partial charge >= 0.3 is 6.03 Å². The molecule has 1 fully saturated rings. The number of carbonyl (C=O) groups excluding carboxylic acids is 1. The quantitative estimate of drug-likeness (QED) is 0.792. The molecule has 1 aliphatic heterocycles. The maximum Gasteiger partial charge on any atom is 0.321 e. The Morgan fingerprint density at radius 2 is 2.18 bits per heavy atom. The van der Waals surface area contributed by atoms with E-state index in [1.807, 2.05) is 36.1 Å². The second-order valence-electron chi connectivity index (χ2n) is 4.94. The minimum atomic E-state index is 0.0332. The molecular formula is C14H20N2O. The molecule has 1 atom stereocenters. The van der Waals surface area contributed by atoms with Crippen LogP contribution in [0.1, 0.15) is 25.3 Å². The summed E-state index contributed by atoms with van der Waals surface area (Å²) in [6, 6.07) is 7.91. The number of amides is 2. The number of anilines is 1. The number of likely N-dealkylation sites (tertiary alicyclic amines) is 1. The van der Waals surface area contributed by atoms with Crippen molar-refractivity contribution in [3.05, 3.63) is 29.8 Å². The summed E-state index contributed by atoms with van der Waals surface area (Å²) in [5.41, 5.74) is 2.02. The molecule has 0 spiro atoms. The number of hydrogen-bond donors (Lipinski definition) is 1. The van der Waals surface area contributed by atoms with Crippen molar-refractivity contribution in [3.8, 4) is 0 Å². The zero-order valence-electron chi connectivity index (χ0n) is 10.6. The van der Waals surface area contributed by atoms with Crippen LogP contribution in [0, 0.1) is 12.8 Å². The molecular weight excluding hydrogens is 212 g/mol. The summed E-state index contributed by atoms with van der Waals surface area (Å²) in [4.78, 5) is 14.0. The van der Waals surface area contributed by atoms with Crippen molar-refractivity contribution >= 4 is 11.7 Å². The smallest absolute Gasteiger partial charge is 0.321 e. The minimum Gasteiger partial charge on any atom is -0.324 e. The van der Waals surface area contributed by atoms with Gasteiger partial charge in [-0.2, -0.15) is 0 Å². The monoisotopic (exact) mass is 232 g/mol. The van der Waals surface area contributed by atoms with Crippen LogP contribution in [0.5, 0.6) is 0 Å². The van der Waals surface area contributed by atoms with Gasteiger partial charge < -0.3 is 10.2 Å². The molecule has 1 saturated heterocycles. The largest absolute Gasteiger partial charge is 0.324 e. The average molecular weight is 232 g/mol. The summed E-state index contributed by atoms with van der Waals surface area (Å²) in [5.74, 6) is 0.617. The Labute approximate surface area is 103 Å². The lowest BCUT2D eigenvalue weighted by atomic mass is 10.0. The average Bonchev–Trinajstić information content (AvgIpc) is 2.32. The Morgan fingerprint density at radius 3 is 2.88 bits per heavy atom. The van der Waals surface area contributed by atoms with Gasteiger partial charge in [-0.25, -0.2) is 4.79 Å². The fourth-order valence-corrected chi connectivity index (χ4v) is 2.28. The van der Waals surface area contributed by atoms with E-state index >= 15 is 0 Å². The van der Waals surface area contributed by atoms with E-state index in [4.69, 9.17) is 0 Å². The van der Waals surface area contributed by atoms with Crippen molar-refractivity contribution in [1.82, 2.24) is 4.90 Å². The van der Waals surface area contributed by atoms with Crippen molar-refractivity contribution in [2.24, 2.45) is 5.92 Å². The van der Waals surface area contributed by atoms with E-state index in [-0.39, 0.29) is 6.03 Å². The van der Waals surface area contributed by atoms with E-state index in [1.54, 1.807) is 0 Å². The summed E-state index contributed by atoms with van der Waals surface area (Å²) in [6.45, 7) is 5.96. The fraction of sp³-hybridized carbons (Fsp3) is 0.500. The first kappa shape index (κ1) is 12.0. The molecule has 92 valence electrons. The van der Waals surface area contributed by atoms with Crippen molar-refractivity contribution in [2.45, 2.75) is 26.7 Å². The maximum absolute atomic E-state index is 12.1. The molecule has 0 saturated carbocycles. The van der Waals surface area contributed by atoms with Gasteiger partial charge in [-0.1, -0.05) is 25.1 Å². The molecule has 0 bridgehead atoms. The normalized spacial score (nSPS) is 20.1. The van der Waals surface area contributed by atoms with Crippen LogP contribution >= 0.6 is 0 Å². The first-order valence-electron chi connectivity index (χ1n) is 6.28. The number of benzene rings is 1. The number of piperidine rings is 1. The van der Waals surface area contributed by atoms with Gasteiger partial charge in [-0.05, 0) is 37.3 Å². The Hall–Kier alpha value is -1.51. The lowest BCUT2D eigenvalue weighted by Gasteiger charge is -2.31. The first-order valence-corrected chi connectivity index (χ1v) is 6.28. The predicted molar refractivity (Wildman–Crippen MR) is 70.2 cm³/mol. The van der Waals surface area contributed by atoms with Gasteiger partial charge in [0.1, 0.15) is 0 Å². The summed E-state index contributed by atoms with van der Waals surface area (Å²) in [6.07, 6.45) is 2.34. The van der Waals surface area contributed by atoms with E-state index < -0.39 is 0 Å². The zero-order valence-corrected chi connectivity index (χ0v) is 10.6. The second kappa shape index (κ2) is 5.21. The van der Waals surface area contributed by atoms with Crippen molar-refractivity contribution < 1.29 is 4.79 Å². The Bertz CT molecular complexity index is 403. The standard InChI is InChI=1S/C14H20N2O/c1-11-6-5-9-16(10-11)14(17)15-13-8-4-3-7-12(13)2/h3-4,7-8,11H,5-6,9-10H2,1-2H3,(H,15,17)/t11-/m0/s1. The number of hydrogen-bond acceptors (Lipinski definition) is 1. The number of carbonyl (C=O) groups is 1. The number of rotatable bonds is 1. The van der Waals surface area contributed by atoms with E-state index in [0.29, 0.717) is 5.92 Å². The molecule has 3 nitrogen and oxygen atoms in total. The van der Waals surface area contributed by atoms with E-state index in [9.17, 15) is 4.79 Å². The maximum atomic E-state index is 12.1. The summed E-state index contributed by atoms with van der Waals surface area (Å²) >= 11 is 0. The highest BCUT2D eigenvalue weighted by Gasteiger charge is 2.20. The third kappa shape index (κ3) is 2.99. The SMILES string of the molecule is Cc1ccccc1NC(=O)N1CCC[C@H](C)C1. The fourth-order valence-electron chi connectivity index (χ4n) is 2.28. The van der Waals surface area contributed by atoms with Gasteiger partial charge in [0, 0.05) is 18.8 Å². The number of para-hydroxylation sites is 1. The summed E-state index contributed by atoms with van der Waals surface area (Å²) in [7, 11) is 0. The van der Waals surface area contributed by atoms with Crippen LogP contribution in [0.2, 0.25) is 0 Å². The lowest BCUT2D eigenvalue weighted by molar-refractivity contribution is 0.182. The highest BCUT2D eigenvalue weighted by molar-refractivity contribution is 5.90. The van der Waals surface area contributed by atoms with Gasteiger partial charge in [-0.3, -0.25) is 0 Å². The Kier molecular flexibility index (Phi) is 3.67. The lowest BCUT2D eigenvalue weighted by Crippen LogP contribution is -2.41. The Balaban J connectivity index is 1.99. The highest BCUT2D eigenvalue weighted by atomic mass is 16.2. The molecule has 1 N–H and O–H groups in total. The first-order chi connectivity index (χ1) is 8.16. The molecule has 3 heteroatoms. The van der Waals surface area contributed by atoms with Gasteiger partial charge in [0.05, 0.1) is 0 Å². The van der Waals surface area contributed by atoms with Gasteiger partial charge in [0.25, 0.3) is 0 Å². The molecule has 1 aromatic rings. The molecule has 0 radical (unpaired) electrons. The van der Waals surface area contributed by atoms with E-state index in [2.05, 4.69) is 12.2 Å². The van der Waals surface area contributed by atoms with Crippen LogP contribution in [-0.4, -0.2) is 24.0 Å². The topological polar surface area (TPSA) is 32.3 Å². The van der Waals surface area contributed by atoms with Crippen molar-refractivity contribution in [2.75, 3.05) is 18.4 Å². The van der Waals surface area contributed by atoms with Gasteiger partial charge in [-0.15, -0.1) is 0 Å². The van der Waals surface area contributed by atoms with E-state index in [1.165, 1.54) is 6.42 Å². The predicted octanol–water partition coefficient (Wildman–Crippen LogP) is 3.26. The van der Waals surface area contributed by atoms with Crippen molar-refractivity contribution in [1.29, 1.82) is 0 Å². The van der Waals surface area contributed by atoms with Crippen LogP contribution in [0.3, 0.4) is 0 Å². The third-order valence-electron chi connectivity index (χ3n) is 3.33. The number of urea groups is 1.